The summed E-state index contributed by atoms with van der Waals surface area (Å²) < 4.78 is 5.54. The van der Waals surface area contributed by atoms with Gasteiger partial charge in [-0.2, -0.15) is 0 Å². The lowest BCUT2D eigenvalue weighted by Gasteiger charge is -2.06. The lowest BCUT2D eigenvalue weighted by Crippen LogP contribution is -2.03. The second-order valence-corrected chi connectivity index (χ2v) is 4.73. The molecule has 0 aliphatic rings. The zero-order chi connectivity index (χ0) is 13.7. The van der Waals surface area contributed by atoms with Gasteiger partial charge < -0.3 is 14.6 Å². The number of benzene rings is 2. The van der Waals surface area contributed by atoms with Gasteiger partial charge in [0.15, 0.2) is 11.3 Å². The molecule has 3 aromatic rings. The van der Waals surface area contributed by atoms with Crippen LogP contribution in [0, 0.1) is 13.8 Å². The molecule has 2 N–H and O–H groups in total. The van der Waals surface area contributed by atoms with Gasteiger partial charge in [0.2, 0.25) is 5.43 Å². The molecule has 0 spiro atoms. The monoisotopic (exact) mass is 256 g/mol. The summed E-state index contributed by atoms with van der Waals surface area (Å²) in [6.45, 7) is 3.51. The summed E-state index contributed by atoms with van der Waals surface area (Å²) in [6, 6.07) is 6.20. The third-order valence-electron chi connectivity index (χ3n) is 3.21. The number of phenols is 2. The molecule has 1 heterocycles. The summed E-state index contributed by atoms with van der Waals surface area (Å²) in [5, 5.41) is 20.3. The van der Waals surface area contributed by atoms with E-state index >= 15 is 0 Å². The van der Waals surface area contributed by atoms with Crippen LogP contribution in [-0.2, 0) is 0 Å². The molecule has 19 heavy (non-hydrogen) atoms. The van der Waals surface area contributed by atoms with Gasteiger partial charge in [0.1, 0.15) is 11.3 Å². The Morgan fingerprint density at radius 1 is 0.947 bits per heavy atom. The second-order valence-electron chi connectivity index (χ2n) is 4.73. The highest BCUT2D eigenvalue weighted by Crippen LogP contribution is 2.30. The number of aromatic hydroxyl groups is 2. The van der Waals surface area contributed by atoms with E-state index in [-0.39, 0.29) is 28.1 Å². The second kappa shape index (κ2) is 3.75. The van der Waals surface area contributed by atoms with Crippen LogP contribution in [0.15, 0.2) is 33.5 Å². The molecule has 0 fully saturated rings. The molecule has 1 aromatic heterocycles. The van der Waals surface area contributed by atoms with E-state index < -0.39 is 0 Å². The molecule has 0 unspecified atom stereocenters. The summed E-state index contributed by atoms with van der Waals surface area (Å²) in [7, 11) is 0. The summed E-state index contributed by atoms with van der Waals surface area (Å²) in [5.41, 5.74) is 1.59. The topological polar surface area (TPSA) is 70.7 Å². The fourth-order valence-corrected chi connectivity index (χ4v) is 2.22. The zero-order valence-electron chi connectivity index (χ0n) is 10.5. The summed E-state index contributed by atoms with van der Waals surface area (Å²) in [4.78, 5) is 12.4. The average Bonchev–Trinajstić information content (AvgIpc) is 2.34. The van der Waals surface area contributed by atoms with Crippen LogP contribution in [0.2, 0.25) is 0 Å². The van der Waals surface area contributed by atoms with Gasteiger partial charge >= 0.3 is 0 Å². The molecular formula is C15H12O4. The van der Waals surface area contributed by atoms with E-state index in [1.807, 2.05) is 0 Å². The van der Waals surface area contributed by atoms with E-state index in [0.717, 1.165) is 5.56 Å². The van der Waals surface area contributed by atoms with Crippen LogP contribution in [0.1, 0.15) is 11.1 Å². The maximum absolute atomic E-state index is 12.4. The predicted molar refractivity (Wildman–Crippen MR) is 72.8 cm³/mol. The molecule has 96 valence electrons. The van der Waals surface area contributed by atoms with Crippen LogP contribution in [0.4, 0.5) is 0 Å². The Morgan fingerprint density at radius 2 is 1.68 bits per heavy atom. The van der Waals surface area contributed by atoms with Gasteiger partial charge in [0.05, 0.1) is 10.8 Å². The SMILES string of the molecule is Cc1cc(O)c2oc3cc(O)c(C)cc3c(=O)c2c1. The van der Waals surface area contributed by atoms with Crippen molar-refractivity contribution in [1.82, 2.24) is 0 Å². The molecule has 4 heteroatoms. The Balaban J connectivity index is 2.60. The molecule has 0 saturated heterocycles. The summed E-state index contributed by atoms with van der Waals surface area (Å²) in [6.07, 6.45) is 0. The predicted octanol–water partition coefficient (Wildman–Crippen LogP) is 2.97. The molecule has 4 nitrogen and oxygen atoms in total. The van der Waals surface area contributed by atoms with Gasteiger partial charge in [-0.3, -0.25) is 4.79 Å². The molecule has 2 aromatic carbocycles. The molecule has 0 amide bonds. The summed E-state index contributed by atoms with van der Waals surface area (Å²) in [5.74, 6) is -0.0179. The van der Waals surface area contributed by atoms with Gasteiger partial charge in [-0.15, -0.1) is 0 Å². The molecular weight excluding hydrogens is 244 g/mol. The maximum atomic E-state index is 12.4. The standard InChI is InChI=1S/C15H12O4/c1-7-3-10-14(18)9-5-8(2)11(16)6-13(9)19-15(10)12(17)4-7/h3-6,16-17H,1-2H3. The van der Waals surface area contributed by atoms with E-state index in [0.29, 0.717) is 16.3 Å². The molecule has 3 rings (SSSR count). The Hall–Kier alpha value is -2.49. The zero-order valence-corrected chi connectivity index (χ0v) is 10.5. The minimum atomic E-state index is -0.210. The maximum Gasteiger partial charge on any atom is 0.200 e. The highest BCUT2D eigenvalue weighted by atomic mass is 16.4. The van der Waals surface area contributed by atoms with Crippen LogP contribution in [0.5, 0.6) is 11.5 Å². The number of aryl methyl sites for hydroxylation is 2. The molecule has 0 bridgehead atoms. The van der Waals surface area contributed by atoms with Gasteiger partial charge in [0, 0.05) is 6.07 Å². The quantitative estimate of drug-likeness (QED) is 0.606. The molecule has 0 atom stereocenters. The van der Waals surface area contributed by atoms with Gasteiger partial charge in [-0.1, -0.05) is 0 Å². The average molecular weight is 256 g/mol. The van der Waals surface area contributed by atoms with Crippen molar-refractivity contribution in [2.45, 2.75) is 13.8 Å². The van der Waals surface area contributed by atoms with Gasteiger partial charge in [-0.05, 0) is 43.2 Å². The van der Waals surface area contributed by atoms with Crippen molar-refractivity contribution < 1.29 is 14.6 Å². The van der Waals surface area contributed by atoms with Crippen molar-refractivity contribution >= 4 is 21.9 Å². The van der Waals surface area contributed by atoms with E-state index in [2.05, 4.69) is 0 Å². The molecule has 0 radical (unpaired) electrons. The number of hydrogen-bond acceptors (Lipinski definition) is 4. The first kappa shape index (κ1) is 11.6. The highest BCUT2D eigenvalue weighted by molar-refractivity contribution is 5.93. The molecule has 0 saturated carbocycles. The molecule has 0 aliphatic heterocycles. The number of fused-ring (bicyclic) bond motifs is 2. The normalized spacial score (nSPS) is 11.3. The van der Waals surface area contributed by atoms with Crippen molar-refractivity contribution in [3.8, 4) is 11.5 Å². The van der Waals surface area contributed by atoms with Crippen molar-refractivity contribution in [3.05, 3.63) is 45.6 Å². The Labute approximate surface area is 108 Å². The Bertz CT molecular complexity index is 875. The van der Waals surface area contributed by atoms with Crippen LogP contribution < -0.4 is 5.43 Å². The number of hydrogen-bond donors (Lipinski definition) is 2. The lowest BCUT2D eigenvalue weighted by atomic mass is 10.1. The Morgan fingerprint density at radius 3 is 2.42 bits per heavy atom. The minimum Gasteiger partial charge on any atom is -0.508 e. The van der Waals surface area contributed by atoms with Crippen LogP contribution in [0.3, 0.4) is 0 Å². The first-order valence-electron chi connectivity index (χ1n) is 5.87. The van der Waals surface area contributed by atoms with E-state index in [4.69, 9.17) is 4.42 Å². The number of phenolic OH excluding ortho intramolecular Hbond substituents is 2. The van der Waals surface area contributed by atoms with Crippen molar-refractivity contribution in [1.29, 1.82) is 0 Å². The largest absolute Gasteiger partial charge is 0.508 e. The molecule has 0 aliphatic carbocycles. The third-order valence-corrected chi connectivity index (χ3v) is 3.21. The first-order valence-corrected chi connectivity index (χ1v) is 5.87. The van der Waals surface area contributed by atoms with E-state index in [1.165, 1.54) is 12.1 Å². The van der Waals surface area contributed by atoms with Crippen LogP contribution >= 0.6 is 0 Å². The van der Waals surface area contributed by atoms with Crippen LogP contribution in [-0.4, -0.2) is 10.2 Å². The van der Waals surface area contributed by atoms with E-state index in [9.17, 15) is 15.0 Å². The summed E-state index contributed by atoms with van der Waals surface area (Å²) >= 11 is 0. The van der Waals surface area contributed by atoms with Crippen molar-refractivity contribution in [2.24, 2.45) is 0 Å². The highest BCUT2D eigenvalue weighted by Gasteiger charge is 2.13. The van der Waals surface area contributed by atoms with Crippen molar-refractivity contribution in [3.63, 3.8) is 0 Å². The fourth-order valence-electron chi connectivity index (χ4n) is 2.22. The van der Waals surface area contributed by atoms with Gasteiger partial charge in [0.25, 0.3) is 0 Å². The minimum absolute atomic E-state index is 0.0570. The Kier molecular flexibility index (Phi) is 2.29. The van der Waals surface area contributed by atoms with E-state index in [1.54, 1.807) is 26.0 Å². The van der Waals surface area contributed by atoms with Gasteiger partial charge in [-0.25, -0.2) is 0 Å². The number of rotatable bonds is 0. The third kappa shape index (κ3) is 1.64. The van der Waals surface area contributed by atoms with Crippen LogP contribution in [0.25, 0.3) is 21.9 Å². The smallest absolute Gasteiger partial charge is 0.200 e. The lowest BCUT2D eigenvalue weighted by molar-refractivity contribution is 0.463. The first-order chi connectivity index (χ1) is 8.97. The fraction of sp³-hybridized carbons (Fsp3) is 0.133. The van der Waals surface area contributed by atoms with Crippen molar-refractivity contribution in [2.75, 3.05) is 0 Å².